The van der Waals surface area contributed by atoms with Crippen LogP contribution < -0.4 is 5.32 Å². The van der Waals surface area contributed by atoms with E-state index in [-0.39, 0.29) is 0 Å². The molecule has 0 aromatic carbocycles. The number of nitrogens with one attached hydrogen (secondary N) is 1. The van der Waals surface area contributed by atoms with Crippen molar-refractivity contribution in [3.8, 4) is 0 Å². The molecule has 184 valence electrons. The van der Waals surface area contributed by atoms with E-state index in [9.17, 15) is 67.1 Å². The van der Waals surface area contributed by atoms with E-state index in [1.54, 1.807) is 4.74 Å². The lowest BCUT2D eigenvalue weighted by Gasteiger charge is -2.53. The van der Waals surface area contributed by atoms with Crippen LogP contribution in [0.15, 0.2) is 0 Å². The third kappa shape index (κ3) is 3.79. The van der Waals surface area contributed by atoms with Gasteiger partial charge in [0.15, 0.2) is 0 Å². The molecule has 0 atom stereocenters. The average molecular weight is 492 g/mol. The van der Waals surface area contributed by atoms with Gasteiger partial charge in [0.2, 0.25) is 0 Å². The molecule has 1 aliphatic rings. The zero-order valence-corrected chi connectivity index (χ0v) is 15.2. The molecule has 0 unspecified atom stereocenters. The summed E-state index contributed by atoms with van der Waals surface area (Å²) in [4.78, 5) is 11.6. The highest BCUT2D eigenvalue weighted by atomic mass is 19.4. The molecule has 0 aromatic heterocycles. The molecule has 0 aromatic rings. The van der Waals surface area contributed by atoms with Crippen LogP contribution in [-0.2, 0) is 9.53 Å². The van der Waals surface area contributed by atoms with Crippen LogP contribution in [0.25, 0.3) is 0 Å². The maximum atomic E-state index is 14.5. The van der Waals surface area contributed by atoms with Gasteiger partial charge in [-0.2, -0.15) is 39.5 Å². The molecule has 0 saturated heterocycles. The second-order valence-corrected chi connectivity index (χ2v) is 7.01. The second-order valence-electron chi connectivity index (χ2n) is 7.01. The van der Waals surface area contributed by atoms with Crippen LogP contribution in [0.3, 0.4) is 0 Å². The Kier molecular flexibility index (Phi) is 6.40. The predicted molar refractivity (Wildman–Crippen MR) is 72.6 cm³/mol. The molecular formula is C13H13F13N2O3. The highest BCUT2D eigenvalue weighted by Gasteiger charge is 3.03. The van der Waals surface area contributed by atoms with Crippen molar-refractivity contribution in [1.82, 2.24) is 5.32 Å². The summed E-state index contributed by atoms with van der Waals surface area (Å²) in [7, 11) is 1.98. The first-order valence-corrected chi connectivity index (χ1v) is 7.82. The van der Waals surface area contributed by atoms with Gasteiger partial charge in [-0.1, -0.05) is 0 Å². The maximum absolute atomic E-state index is 14.5. The van der Waals surface area contributed by atoms with Crippen LogP contribution in [0.5, 0.6) is 0 Å². The molecule has 1 amide bonds. The number of nitrogens with zero attached hydrogens (tertiary/aromatic N) is 1. The first-order valence-electron chi connectivity index (χ1n) is 7.82. The van der Waals surface area contributed by atoms with Crippen LogP contribution in [0.2, 0.25) is 0 Å². The molecule has 1 rings (SSSR count). The number of hydroxylamine groups is 3. The Morgan fingerprint density at radius 1 is 0.871 bits per heavy atom. The van der Waals surface area contributed by atoms with Gasteiger partial charge >= 0.3 is 41.6 Å². The van der Waals surface area contributed by atoms with Crippen LogP contribution in [-0.4, -0.2) is 79.3 Å². The molecule has 0 radical (unpaired) electrons. The van der Waals surface area contributed by atoms with Gasteiger partial charge < -0.3 is 15.2 Å². The number of rotatable bonds is 6. The minimum atomic E-state index is -7.64. The van der Waals surface area contributed by atoms with Crippen LogP contribution in [0.1, 0.15) is 6.42 Å². The third-order valence-corrected chi connectivity index (χ3v) is 4.19. The van der Waals surface area contributed by atoms with Crippen molar-refractivity contribution in [3.63, 3.8) is 0 Å². The van der Waals surface area contributed by atoms with Crippen molar-refractivity contribution in [2.45, 2.75) is 48.0 Å². The van der Waals surface area contributed by atoms with Crippen LogP contribution >= 0.6 is 0 Å². The number of amides is 1. The zero-order chi connectivity index (χ0) is 25.1. The fourth-order valence-electron chi connectivity index (χ4n) is 2.59. The molecule has 5 nitrogen and oxygen atoms in total. The Hall–Kier alpha value is -1.56. The molecule has 1 saturated carbocycles. The standard InChI is InChI=1S/C13H13F13N2O3/c1-28(2,30)5-3-4-27-6(29)7(14)8(15,16)10(19,20)12(23,31-13(24,25)26)11(21,22)9(7,17)18/h3-5H2,1-2H3,(H,27,29). The van der Waals surface area contributed by atoms with Gasteiger partial charge in [0.25, 0.3) is 5.91 Å². The van der Waals surface area contributed by atoms with Gasteiger partial charge in [-0.15, -0.1) is 13.2 Å². The van der Waals surface area contributed by atoms with Gasteiger partial charge in [-0.25, -0.2) is 9.13 Å². The van der Waals surface area contributed by atoms with Crippen molar-refractivity contribution in [3.05, 3.63) is 5.21 Å². The molecule has 1 N–H and O–H groups in total. The monoisotopic (exact) mass is 492 g/mol. The summed E-state index contributed by atoms with van der Waals surface area (Å²) < 4.78 is 176. The van der Waals surface area contributed by atoms with E-state index in [1.165, 1.54) is 0 Å². The first kappa shape index (κ1) is 27.5. The van der Waals surface area contributed by atoms with E-state index in [2.05, 4.69) is 0 Å². The van der Waals surface area contributed by atoms with Crippen molar-refractivity contribution in [2.24, 2.45) is 0 Å². The number of quaternary nitrogens is 1. The number of ether oxygens (including phenoxy) is 1. The summed E-state index contributed by atoms with van der Waals surface area (Å²) in [5.74, 6) is -41.3. The molecule has 31 heavy (non-hydrogen) atoms. The van der Waals surface area contributed by atoms with E-state index >= 15 is 0 Å². The number of hydrogen-bond acceptors (Lipinski definition) is 3. The van der Waals surface area contributed by atoms with Crippen molar-refractivity contribution in [1.29, 1.82) is 0 Å². The fraction of sp³-hybridized carbons (Fsp3) is 0.923. The Balaban J connectivity index is 3.53. The number of hydrogen-bond donors (Lipinski definition) is 1. The Morgan fingerprint density at radius 2 is 1.26 bits per heavy atom. The van der Waals surface area contributed by atoms with Crippen molar-refractivity contribution in [2.75, 3.05) is 27.2 Å². The van der Waals surface area contributed by atoms with Crippen molar-refractivity contribution < 1.29 is 71.3 Å². The van der Waals surface area contributed by atoms with E-state index in [1.807, 2.05) is 0 Å². The molecule has 18 heteroatoms. The lowest BCUT2D eigenvalue weighted by Crippen LogP contribution is -2.88. The lowest BCUT2D eigenvalue weighted by atomic mass is 9.71. The molecule has 0 aliphatic heterocycles. The summed E-state index contributed by atoms with van der Waals surface area (Å²) in [6, 6.07) is 0. The predicted octanol–water partition coefficient (Wildman–Crippen LogP) is 3.53. The fourth-order valence-corrected chi connectivity index (χ4v) is 2.59. The minimum Gasteiger partial charge on any atom is -0.633 e. The highest BCUT2D eigenvalue weighted by molar-refractivity contribution is 5.88. The van der Waals surface area contributed by atoms with Gasteiger partial charge in [-0.05, 0) is 0 Å². The average Bonchev–Trinajstić information content (AvgIpc) is 2.53. The largest absolute Gasteiger partial charge is 0.633 e. The number of carbonyl (C=O) groups excluding carboxylic acids is 1. The van der Waals surface area contributed by atoms with E-state index in [0.29, 0.717) is 0 Å². The summed E-state index contributed by atoms with van der Waals surface area (Å²) in [5.41, 5.74) is -6.93. The summed E-state index contributed by atoms with van der Waals surface area (Å²) in [6.45, 7) is -1.65. The van der Waals surface area contributed by atoms with Gasteiger partial charge in [0.1, 0.15) is 0 Å². The molecule has 0 spiro atoms. The summed E-state index contributed by atoms with van der Waals surface area (Å²) >= 11 is 0. The smallest absolute Gasteiger partial charge is 0.525 e. The SMILES string of the molecule is C[N+](C)([O-])CCCNC(=O)C1(F)C(F)(F)C(F)(F)C(F)(OC(F)(F)F)C(F)(F)C1(F)F. The van der Waals surface area contributed by atoms with Crippen molar-refractivity contribution >= 4 is 5.91 Å². The Morgan fingerprint density at radius 3 is 1.58 bits per heavy atom. The highest BCUT2D eigenvalue weighted by Crippen LogP contribution is 2.69. The van der Waals surface area contributed by atoms with Gasteiger partial charge in [0.05, 0.1) is 20.6 Å². The summed E-state index contributed by atoms with van der Waals surface area (Å²) in [6.07, 6.45) is -7.53. The minimum absolute atomic E-state index is 0.494. The number of halogens is 13. The third-order valence-electron chi connectivity index (χ3n) is 4.19. The quantitative estimate of drug-likeness (QED) is 0.267. The lowest BCUT2D eigenvalue weighted by molar-refractivity contribution is -0.840. The van der Waals surface area contributed by atoms with E-state index in [0.717, 1.165) is 19.4 Å². The molecule has 1 aliphatic carbocycles. The number of alkyl halides is 13. The van der Waals surface area contributed by atoms with Crippen LogP contribution in [0, 0.1) is 5.21 Å². The van der Waals surface area contributed by atoms with Crippen LogP contribution in [0.4, 0.5) is 57.1 Å². The number of carbonyl (C=O) groups is 1. The first-order chi connectivity index (χ1) is 13.3. The van der Waals surface area contributed by atoms with E-state index < -0.39 is 71.6 Å². The summed E-state index contributed by atoms with van der Waals surface area (Å²) in [5, 5.41) is 12.1. The van der Waals surface area contributed by atoms with E-state index in [4.69, 9.17) is 0 Å². The van der Waals surface area contributed by atoms with Gasteiger partial charge in [0, 0.05) is 13.0 Å². The maximum Gasteiger partial charge on any atom is 0.525 e. The zero-order valence-electron chi connectivity index (χ0n) is 15.2. The van der Waals surface area contributed by atoms with Gasteiger partial charge in [-0.3, -0.25) is 4.79 Å². The second kappa shape index (κ2) is 7.23. The molecule has 1 fully saturated rings. The Labute approximate surface area is 164 Å². The normalized spacial score (nSPS) is 31.9. The molecular weight excluding hydrogens is 479 g/mol. The molecule has 0 bridgehead atoms. The Bertz CT molecular complexity index is 674. The topological polar surface area (TPSA) is 61.4 Å². The molecule has 0 heterocycles.